The molecule has 1 aliphatic rings. The number of non-ortho nitro benzene ring substituents is 1. The van der Waals surface area contributed by atoms with Crippen molar-refractivity contribution in [1.82, 2.24) is 9.88 Å². The molecule has 0 atom stereocenters. The van der Waals surface area contributed by atoms with Crippen LogP contribution in [0.4, 0.5) is 5.69 Å². The van der Waals surface area contributed by atoms with Gasteiger partial charge in [0.25, 0.3) is 11.6 Å². The number of carbonyl (C=O) groups is 1. The van der Waals surface area contributed by atoms with Crippen LogP contribution < -0.4 is 0 Å². The Bertz CT molecular complexity index is 730. The van der Waals surface area contributed by atoms with Gasteiger partial charge in [0.1, 0.15) is 5.69 Å². The normalized spacial score (nSPS) is 16.0. The van der Waals surface area contributed by atoms with E-state index in [1.807, 2.05) is 4.90 Å². The average molecular weight is 315 g/mol. The molecule has 23 heavy (non-hydrogen) atoms. The van der Waals surface area contributed by atoms with Gasteiger partial charge in [0.2, 0.25) is 0 Å². The molecule has 2 heterocycles. The van der Waals surface area contributed by atoms with E-state index in [1.165, 1.54) is 25.0 Å². The predicted octanol–water partition coefficient (Wildman–Crippen LogP) is 3.73. The third-order valence-corrected chi connectivity index (χ3v) is 4.64. The minimum absolute atomic E-state index is 0.0150. The van der Waals surface area contributed by atoms with Gasteiger partial charge in [0.05, 0.1) is 4.92 Å². The largest absolute Gasteiger partial charge is 0.351 e. The predicted molar refractivity (Wildman–Crippen MR) is 88.5 cm³/mol. The molecule has 1 aliphatic heterocycles. The standard InChI is InChI=1S/C17H21N3O3/c1-2-3-12-6-8-19(9-7-12)17(21)16-11-13-10-14(20(22)23)4-5-15(13)18-16/h4-5,10-12,18H,2-3,6-9H2,1H3. The number of hydrogen-bond acceptors (Lipinski definition) is 3. The van der Waals surface area contributed by atoms with Gasteiger partial charge in [-0.05, 0) is 30.9 Å². The number of nitrogens with one attached hydrogen (secondary N) is 1. The van der Waals surface area contributed by atoms with Crippen LogP contribution in [0.3, 0.4) is 0 Å². The first-order valence-corrected chi connectivity index (χ1v) is 8.15. The molecule has 1 aromatic carbocycles. The Balaban J connectivity index is 1.75. The molecule has 1 saturated heterocycles. The third-order valence-electron chi connectivity index (χ3n) is 4.64. The zero-order chi connectivity index (χ0) is 16.4. The zero-order valence-electron chi connectivity index (χ0n) is 13.2. The van der Waals surface area contributed by atoms with E-state index in [0.29, 0.717) is 11.1 Å². The molecular formula is C17H21N3O3. The van der Waals surface area contributed by atoms with Crippen molar-refractivity contribution in [3.05, 3.63) is 40.1 Å². The van der Waals surface area contributed by atoms with E-state index in [0.717, 1.165) is 37.4 Å². The first-order valence-electron chi connectivity index (χ1n) is 8.15. The molecule has 3 rings (SSSR count). The Hall–Kier alpha value is -2.37. The maximum Gasteiger partial charge on any atom is 0.270 e. The van der Waals surface area contributed by atoms with Crippen LogP contribution in [0.1, 0.15) is 43.1 Å². The van der Waals surface area contributed by atoms with E-state index >= 15 is 0 Å². The molecule has 0 aliphatic carbocycles. The molecule has 1 aromatic heterocycles. The number of aromatic amines is 1. The molecule has 0 saturated carbocycles. The molecule has 0 bridgehead atoms. The number of rotatable bonds is 4. The van der Waals surface area contributed by atoms with Gasteiger partial charge in [-0.25, -0.2) is 0 Å². The molecule has 0 unspecified atom stereocenters. The Morgan fingerprint density at radius 2 is 2.09 bits per heavy atom. The van der Waals surface area contributed by atoms with Gasteiger partial charge < -0.3 is 9.88 Å². The maximum atomic E-state index is 12.6. The number of nitrogens with zero attached hydrogens (tertiary/aromatic N) is 2. The lowest BCUT2D eigenvalue weighted by Gasteiger charge is -2.31. The number of H-pyrrole nitrogens is 1. The zero-order valence-corrected chi connectivity index (χ0v) is 13.2. The molecular weight excluding hydrogens is 294 g/mol. The molecule has 122 valence electrons. The van der Waals surface area contributed by atoms with Gasteiger partial charge in [-0.15, -0.1) is 0 Å². The van der Waals surface area contributed by atoms with E-state index in [4.69, 9.17) is 0 Å². The number of hydrogen-bond donors (Lipinski definition) is 1. The van der Waals surface area contributed by atoms with E-state index in [2.05, 4.69) is 11.9 Å². The van der Waals surface area contributed by atoms with E-state index in [1.54, 1.807) is 12.1 Å². The lowest BCUT2D eigenvalue weighted by molar-refractivity contribution is -0.384. The second-order valence-electron chi connectivity index (χ2n) is 6.24. The minimum Gasteiger partial charge on any atom is -0.351 e. The number of nitro groups is 1. The summed E-state index contributed by atoms with van der Waals surface area (Å²) >= 11 is 0. The average Bonchev–Trinajstić information content (AvgIpc) is 2.98. The Morgan fingerprint density at radius 1 is 1.35 bits per heavy atom. The van der Waals surface area contributed by atoms with Crippen LogP contribution in [0.2, 0.25) is 0 Å². The number of amides is 1. The molecule has 1 fully saturated rings. The summed E-state index contributed by atoms with van der Waals surface area (Å²) in [4.78, 5) is 28.0. The van der Waals surface area contributed by atoms with Crippen LogP contribution >= 0.6 is 0 Å². The smallest absolute Gasteiger partial charge is 0.270 e. The van der Waals surface area contributed by atoms with E-state index in [9.17, 15) is 14.9 Å². The number of benzene rings is 1. The van der Waals surface area contributed by atoms with Crippen molar-refractivity contribution in [3.63, 3.8) is 0 Å². The van der Waals surface area contributed by atoms with Crippen molar-refractivity contribution in [3.8, 4) is 0 Å². The lowest BCUT2D eigenvalue weighted by Crippen LogP contribution is -2.38. The molecule has 2 aromatic rings. The highest BCUT2D eigenvalue weighted by atomic mass is 16.6. The quantitative estimate of drug-likeness (QED) is 0.689. The summed E-state index contributed by atoms with van der Waals surface area (Å²) in [6.07, 6.45) is 4.55. The Morgan fingerprint density at radius 3 is 2.74 bits per heavy atom. The van der Waals surface area contributed by atoms with Crippen LogP contribution in [0.5, 0.6) is 0 Å². The van der Waals surface area contributed by atoms with Crippen molar-refractivity contribution < 1.29 is 9.72 Å². The first-order chi connectivity index (χ1) is 11.1. The first kappa shape index (κ1) is 15.5. The van der Waals surface area contributed by atoms with E-state index in [-0.39, 0.29) is 11.6 Å². The fourth-order valence-electron chi connectivity index (χ4n) is 3.35. The molecule has 6 nitrogen and oxygen atoms in total. The summed E-state index contributed by atoms with van der Waals surface area (Å²) in [5.74, 6) is 0.716. The van der Waals surface area contributed by atoms with Crippen LogP contribution in [-0.2, 0) is 0 Å². The van der Waals surface area contributed by atoms with Crippen LogP contribution in [-0.4, -0.2) is 33.8 Å². The molecule has 0 radical (unpaired) electrons. The Labute approximate surface area is 134 Å². The van der Waals surface area contributed by atoms with Gasteiger partial charge in [-0.3, -0.25) is 14.9 Å². The number of likely N-dealkylation sites (tertiary alicyclic amines) is 1. The summed E-state index contributed by atoms with van der Waals surface area (Å²) in [6.45, 7) is 3.78. The van der Waals surface area contributed by atoms with Crippen molar-refractivity contribution in [2.45, 2.75) is 32.6 Å². The van der Waals surface area contributed by atoms with Gasteiger partial charge in [-0.1, -0.05) is 19.8 Å². The molecule has 6 heteroatoms. The topological polar surface area (TPSA) is 79.2 Å². The second kappa shape index (κ2) is 6.40. The number of fused-ring (bicyclic) bond motifs is 1. The van der Waals surface area contributed by atoms with E-state index < -0.39 is 4.92 Å². The number of piperidine rings is 1. The van der Waals surface area contributed by atoms with Crippen molar-refractivity contribution in [1.29, 1.82) is 0 Å². The minimum atomic E-state index is -0.424. The summed E-state index contributed by atoms with van der Waals surface area (Å²) in [7, 11) is 0. The molecule has 1 N–H and O–H groups in total. The second-order valence-corrected chi connectivity index (χ2v) is 6.24. The van der Waals surface area contributed by atoms with Crippen LogP contribution in [0.15, 0.2) is 24.3 Å². The van der Waals surface area contributed by atoms with Crippen LogP contribution in [0.25, 0.3) is 10.9 Å². The summed E-state index contributed by atoms with van der Waals surface area (Å²) in [5.41, 5.74) is 1.30. The van der Waals surface area contributed by atoms with Crippen molar-refractivity contribution in [2.24, 2.45) is 5.92 Å². The fourth-order valence-corrected chi connectivity index (χ4v) is 3.35. The monoisotopic (exact) mass is 315 g/mol. The highest BCUT2D eigenvalue weighted by Crippen LogP contribution is 2.25. The van der Waals surface area contributed by atoms with Crippen molar-refractivity contribution in [2.75, 3.05) is 13.1 Å². The highest BCUT2D eigenvalue weighted by Gasteiger charge is 2.24. The molecule has 1 amide bonds. The summed E-state index contributed by atoms with van der Waals surface area (Å²) in [6, 6.07) is 6.31. The van der Waals surface area contributed by atoms with Gasteiger partial charge >= 0.3 is 0 Å². The number of carbonyl (C=O) groups excluding carboxylic acids is 1. The SMILES string of the molecule is CCCC1CCN(C(=O)c2cc3cc([N+](=O)[O-])ccc3[nH]2)CC1. The number of aromatic nitrogens is 1. The highest BCUT2D eigenvalue weighted by molar-refractivity contribution is 5.98. The fraction of sp³-hybridized carbons (Fsp3) is 0.471. The number of nitro benzene ring substituents is 1. The summed E-state index contributed by atoms with van der Waals surface area (Å²) < 4.78 is 0. The lowest BCUT2D eigenvalue weighted by atomic mass is 9.92. The summed E-state index contributed by atoms with van der Waals surface area (Å²) in [5, 5.41) is 11.5. The van der Waals surface area contributed by atoms with Gasteiger partial charge in [0, 0.05) is 36.1 Å². The third kappa shape index (κ3) is 3.21. The van der Waals surface area contributed by atoms with Gasteiger partial charge in [-0.2, -0.15) is 0 Å². The van der Waals surface area contributed by atoms with Crippen molar-refractivity contribution >= 4 is 22.5 Å². The van der Waals surface area contributed by atoms with Gasteiger partial charge in [0.15, 0.2) is 0 Å². The Kier molecular flexibility index (Phi) is 4.32. The molecule has 0 spiro atoms. The maximum absolute atomic E-state index is 12.6. The van der Waals surface area contributed by atoms with Crippen LogP contribution in [0, 0.1) is 16.0 Å².